The first kappa shape index (κ1) is 13.3. The third kappa shape index (κ3) is 3.43. The molecule has 0 amide bonds. The third-order valence-electron chi connectivity index (χ3n) is 3.28. The molecule has 0 spiro atoms. The second-order valence-corrected chi connectivity index (χ2v) is 4.49. The molecule has 2 rings (SSSR count). The van der Waals surface area contributed by atoms with Gasteiger partial charge >= 0.3 is 0 Å². The number of morpholine rings is 1. The van der Waals surface area contributed by atoms with Crippen molar-refractivity contribution in [2.45, 2.75) is 12.8 Å². The van der Waals surface area contributed by atoms with Crippen LogP contribution in [0.25, 0.3) is 0 Å². The highest BCUT2D eigenvalue weighted by Gasteiger charge is 2.11. The Morgan fingerprint density at radius 3 is 2.83 bits per heavy atom. The lowest BCUT2D eigenvalue weighted by molar-refractivity contribution is 0.0374. The van der Waals surface area contributed by atoms with Gasteiger partial charge in [0.05, 0.1) is 20.3 Å². The molecular formula is C14H20FNO2. The summed E-state index contributed by atoms with van der Waals surface area (Å²) in [5, 5.41) is 0. The minimum Gasteiger partial charge on any atom is -0.493 e. The third-order valence-corrected chi connectivity index (χ3v) is 3.28. The highest BCUT2D eigenvalue weighted by Crippen LogP contribution is 2.23. The van der Waals surface area contributed by atoms with Gasteiger partial charge in [-0.15, -0.1) is 0 Å². The topological polar surface area (TPSA) is 21.7 Å². The van der Waals surface area contributed by atoms with Crippen LogP contribution in [0, 0.1) is 5.82 Å². The van der Waals surface area contributed by atoms with Gasteiger partial charge in [-0.2, -0.15) is 0 Å². The van der Waals surface area contributed by atoms with E-state index in [1.165, 1.54) is 13.2 Å². The molecule has 0 unspecified atom stereocenters. The second-order valence-electron chi connectivity index (χ2n) is 4.49. The van der Waals surface area contributed by atoms with Crippen molar-refractivity contribution in [1.82, 2.24) is 4.90 Å². The van der Waals surface area contributed by atoms with Gasteiger partial charge in [-0.1, -0.05) is 12.1 Å². The van der Waals surface area contributed by atoms with Gasteiger partial charge in [-0.25, -0.2) is 4.39 Å². The smallest absolute Gasteiger partial charge is 0.165 e. The number of rotatable bonds is 5. The molecule has 0 radical (unpaired) electrons. The lowest BCUT2D eigenvalue weighted by atomic mass is 10.1. The van der Waals surface area contributed by atoms with E-state index < -0.39 is 0 Å². The number of halogens is 1. The Bertz CT molecular complexity index is 378. The fourth-order valence-electron chi connectivity index (χ4n) is 2.30. The molecule has 1 aliphatic heterocycles. The Kier molecular flexibility index (Phi) is 4.96. The highest BCUT2D eigenvalue weighted by molar-refractivity contribution is 5.34. The maximum absolute atomic E-state index is 13.5. The van der Waals surface area contributed by atoms with Gasteiger partial charge in [0.1, 0.15) is 0 Å². The number of nitrogens with zero attached hydrogens (tertiary/aromatic N) is 1. The minimum absolute atomic E-state index is 0.277. The molecule has 100 valence electrons. The number of aryl methyl sites for hydroxylation is 1. The van der Waals surface area contributed by atoms with Crippen LogP contribution in [0.15, 0.2) is 18.2 Å². The van der Waals surface area contributed by atoms with E-state index in [2.05, 4.69) is 4.90 Å². The van der Waals surface area contributed by atoms with Crippen LogP contribution in [0.2, 0.25) is 0 Å². The van der Waals surface area contributed by atoms with E-state index in [0.29, 0.717) is 5.75 Å². The predicted molar refractivity (Wildman–Crippen MR) is 68.5 cm³/mol. The first-order valence-electron chi connectivity index (χ1n) is 6.42. The summed E-state index contributed by atoms with van der Waals surface area (Å²) in [6.45, 7) is 4.68. The van der Waals surface area contributed by atoms with Crippen molar-refractivity contribution in [2.24, 2.45) is 0 Å². The SMILES string of the molecule is COc1c(F)cccc1CCCN1CCOCC1. The van der Waals surface area contributed by atoms with Crippen molar-refractivity contribution < 1.29 is 13.9 Å². The van der Waals surface area contributed by atoms with Gasteiger partial charge in [0.2, 0.25) is 0 Å². The van der Waals surface area contributed by atoms with Crippen molar-refractivity contribution >= 4 is 0 Å². The van der Waals surface area contributed by atoms with E-state index in [-0.39, 0.29) is 5.82 Å². The van der Waals surface area contributed by atoms with Crippen molar-refractivity contribution in [3.63, 3.8) is 0 Å². The highest BCUT2D eigenvalue weighted by atomic mass is 19.1. The number of ether oxygens (including phenoxy) is 2. The number of hydrogen-bond donors (Lipinski definition) is 0. The summed E-state index contributed by atoms with van der Waals surface area (Å²) in [5.74, 6) is 0.112. The summed E-state index contributed by atoms with van der Waals surface area (Å²) in [6.07, 6.45) is 1.86. The maximum Gasteiger partial charge on any atom is 0.165 e. The quantitative estimate of drug-likeness (QED) is 0.802. The molecule has 0 saturated carbocycles. The predicted octanol–water partition coefficient (Wildman–Crippen LogP) is 2.10. The van der Waals surface area contributed by atoms with E-state index >= 15 is 0 Å². The fourth-order valence-corrected chi connectivity index (χ4v) is 2.30. The largest absolute Gasteiger partial charge is 0.493 e. The van der Waals surface area contributed by atoms with Crippen LogP contribution < -0.4 is 4.74 Å². The molecule has 1 aromatic rings. The van der Waals surface area contributed by atoms with Crippen LogP contribution in [0.4, 0.5) is 4.39 Å². The summed E-state index contributed by atoms with van der Waals surface area (Å²) in [4.78, 5) is 2.38. The molecule has 0 N–H and O–H groups in total. The van der Waals surface area contributed by atoms with Crippen LogP contribution in [0.3, 0.4) is 0 Å². The van der Waals surface area contributed by atoms with Crippen molar-refractivity contribution in [3.8, 4) is 5.75 Å². The standard InChI is InChI=1S/C14H20FNO2/c1-17-14-12(4-2-6-13(14)15)5-3-7-16-8-10-18-11-9-16/h2,4,6H,3,5,7-11H2,1H3. The first-order valence-corrected chi connectivity index (χ1v) is 6.42. The molecule has 0 aliphatic carbocycles. The van der Waals surface area contributed by atoms with Crippen LogP contribution in [-0.2, 0) is 11.2 Å². The molecule has 1 fully saturated rings. The van der Waals surface area contributed by atoms with Crippen molar-refractivity contribution in [1.29, 1.82) is 0 Å². The fraction of sp³-hybridized carbons (Fsp3) is 0.571. The average Bonchev–Trinajstić information content (AvgIpc) is 2.40. The molecule has 3 nitrogen and oxygen atoms in total. The van der Waals surface area contributed by atoms with Crippen molar-refractivity contribution in [3.05, 3.63) is 29.6 Å². The van der Waals surface area contributed by atoms with E-state index in [1.54, 1.807) is 6.07 Å². The minimum atomic E-state index is -0.277. The molecular weight excluding hydrogens is 233 g/mol. The van der Waals surface area contributed by atoms with Crippen LogP contribution in [-0.4, -0.2) is 44.9 Å². The number of benzene rings is 1. The summed E-state index contributed by atoms with van der Waals surface area (Å²) in [7, 11) is 1.52. The van der Waals surface area contributed by atoms with Gasteiger partial charge < -0.3 is 9.47 Å². The number of para-hydroxylation sites is 1. The van der Waals surface area contributed by atoms with E-state index in [4.69, 9.17) is 9.47 Å². The zero-order valence-electron chi connectivity index (χ0n) is 10.8. The summed E-state index contributed by atoms with van der Waals surface area (Å²) < 4.78 is 23.9. The molecule has 1 aromatic carbocycles. The second kappa shape index (κ2) is 6.71. The molecule has 1 aliphatic rings. The van der Waals surface area contributed by atoms with Crippen LogP contribution in [0.5, 0.6) is 5.75 Å². The molecule has 4 heteroatoms. The summed E-state index contributed by atoms with van der Waals surface area (Å²) in [6, 6.07) is 5.10. The summed E-state index contributed by atoms with van der Waals surface area (Å²) >= 11 is 0. The van der Waals surface area contributed by atoms with Gasteiger partial charge in [-0.3, -0.25) is 4.90 Å². The molecule has 1 heterocycles. The maximum atomic E-state index is 13.5. The molecule has 0 atom stereocenters. The molecule has 1 saturated heterocycles. The average molecular weight is 253 g/mol. The molecule has 18 heavy (non-hydrogen) atoms. The Morgan fingerprint density at radius 2 is 2.11 bits per heavy atom. The molecule has 0 aromatic heterocycles. The number of methoxy groups -OCH3 is 1. The Labute approximate surface area is 107 Å². The summed E-state index contributed by atoms with van der Waals surface area (Å²) in [5.41, 5.74) is 0.950. The number of hydrogen-bond acceptors (Lipinski definition) is 3. The molecule has 0 bridgehead atoms. The lowest BCUT2D eigenvalue weighted by Gasteiger charge is -2.26. The van der Waals surface area contributed by atoms with E-state index in [9.17, 15) is 4.39 Å². The Morgan fingerprint density at radius 1 is 1.33 bits per heavy atom. The van der Waals surface area contributed by atoms with Gasteiger partial charge in [0.25, 0.3) is 0 Å². The van der Waals surface area contributed by atoms with E-state index in [0.717, 1.165) is 51.3 Å². The van der Waals surface area contributed by atoms with Gasteiger partial charge in [0, 0.05) is 13.1 Å². The van der Waals surface area contributed by atoms with Gasteiger partial charge in [0.15, 0.2) is 11.6 Å². The lowest BCUT2D eigenvalue weighted by Crippen LogP contribution is -2.36. The van der Waals surface area contributed by atoms with Gasteiger partial charge in [-0.05, 0) is 31.0 Å². The Balaban J connectivity index is 1.84. The Hall–Kier alpha value is -1.13. The van der Waals surface area contributed by atoms with E-state index in [1.807, 2.05) is 6.07 Å². The van der Waals surface area contributed by atoms with Crippen LogP contribution >= 0.6 is 0 Å². The monoisotopic (exact) mass is 253 g/mol. The zero-order chi connectivity index (χ0) is 12.8. The normalized spacial score (nSPS) is 16.8. The van der Waals surface area contributed by atoms with Crippen molar-refractivity contribution in [2.75, 3.05) is 40.0 Å². The first-order chi connectivity index (χ1) is 8.81. The van der Waals surface area contributed by atoms with Crippen LogP contribution in [0.1, 0.15) is 12.0 Å². The zero-order valence-corrected chi connectivity index (χ0v) is 10.8.